The van der Waals surface area contributed by atoms with E-state index >= 15 is 0 Å². The highest BCUT2D eigenvalue weighted by molar-refractivity contribution is 5.66. The Morgan fingerprint density at radius 1 is 1.12 bits per heavy atom. The highest BCUT2D eigenvalue weighted by atomic mass is 16.5. The molecular weight excluding hydrogens is 200 g/mol. The zero-order valence-corrected chi connectivity index (χ0v) is 10.9. The van der Waals surface area contributed by atoms with Gasteiger partial charge < -0.3 is 15.4 Å². The minimum atomic E-state index is 0.899. The van der Waals surface area contributed by atoms with Crippen LogP contribution in [0.25, 0.3) is 0 Å². The lowest BCUT2D eigenvalue weighted by Gasteiger charge is -2.17. The summed E-state index contributed by atoms with van der Waals surface area (Å²) < 4.78 is 5.49. The quantitative estimate of drug-likeness (QED) is 0.750. The Hall–Kier alpha value is -1.22. The highest BCUT2D eigenvalue weighted by Gasteiger charge is 2.11. The van der Waals surface area contributed by atoms with Gasteiger partial charge in [0.2, 0.25) is 0 Å². The van der Waals surface area contributed by atoms with E-state index < -0.39 is 0 Å². The number of aryl methyl sites for hydroxylation is 2. The summed E-state index contributed by atoms with van der Waals surface area (Å²) in [5.41, 5.74) is 4.82. The fraction of sp³-hybridized carbons (Fsp3) is 0.538. The molecule has 1 rings (SSSR count). The molecule has 0 aliphatic heterocycles. The fourth-order valence-electron chi connectivity index (χ4n) is 1.84. The lowest BCUT2D eigenvalue weighted by molar-refractivity contribution is 0.412. The van der Waals surface area contributed by atoms with Crippen LogP contribution in [0, 0.1) is 20.8 Å². The average Bonchev–Trinajstić information content (AvgIpc) is 2.26. The Bertz CT molecular complexity index is 361. The van der Waals surface area contributed by atoms with Gasteiger partial charge in [0, 0.05) is 13.1 Å². The highest BCUT2D eigenvalue weighted by Crippen LogP contribution is 2.33. The zero-order chi connectivity index (χ0) is 12.1. The van der Waals surface area contributed by atoms with E-state index in [9.17, 15) is 0 Å². The van der Waals surface area contributed by atoms with Crippen LogP contribution in [-0.2, 0) is 0 Å². The molecule has 0 aliphatic rings. The molecule has 0 aliphatic carbocycles. The number of methoxy groups -OCH3 is 1. The van der Waals surface area contributed by atoms with Crippen LogP contribution in [0.4, 0.5) is 5.69 Å². The van der Waals surface area contributed by atoms with Crippen molar-refractivity contribution >= 4 is 5.69 Å². The first-order valence-corrected chi connectivity index (χ1v) is 5.65. The van der Waals surface area contributed by atoms with E-state index in [0.29, 0.717) is 0 Å². The first-order valence-electron chi connectivity index (χ1n) is 5.65. The predicted molar refractivity (Wildman–Crippen MR) is 69.6 cm³/mol. The Morgan fingerprint density at radius 2 is 1.81 bits per heavy atom. The van der Waals surface area contributed by atoms with Crippen LogP contribution in [0.5, 0.6) is 5.75 Å². The number of likely N-dealkylation sites (N-methyl/N-ethyl adjacent to an activating group) is 1. The van der Waals surface area contributed by atoms with Crippen molar-refractivity contribution in [3.63, 3.8) is 0 Å². The number of ether oxygens (including phenoxy) is 1. The molecule has 0 saturated heterocycles. The molecule has 1 aromatic rings. The summed E-state index contributed by atoms with van der Waals surface area (Å²) in [5, 5.41) is 6.53. The third-order valence-electron chi connectivity index (χ3n) is 2.87. The van der Waals surface area contributed by atoms with Gasteiger partial charge in [0.15, 0.2) is 0 Å². The largest absolute Gasteiger partial charge is 0.494 e. The maximum Gasteiger partial charge on any atom is 0.145 e. The van der Waals surface area contributed by atoms with Crippen molar-refractivity contribution in [2.75, 3.05) is 32.6 Å². The second-order valence-electron chi connectivity index (χ2n) is 4.07. The molecule has 2 N–H and O–H groups in total. The van der Waals surface area contributed by atoms with Crippen LogP contribution in [0.15, 0.2) is 6.07 Å². The summed E-state index contributed by atoms with van der Waals surface area (Å²) in [6.07, 6.45) is 0. The third kappa shape index (κ3) is 2.67. The summed E-state index contributed by atoms with van der Waals surface area (Å²) in [6.45, 7) is 8.15. The third-order valence-corrected chi connectivity index (χ3v) is 2.87. The van der Waals surface area contributed by atoms with Crippen molar-refractivity contribution in [2.45, 2.75) is 20.8 Å². The number of hydrogen-bond donors (Lipinski definition) is 2. The van der Waals surface area contributed by atoms with Crippen LogP contribution in [-0.4, -0.2) is 27.2 Å². The topological polar surface area (TPSA) is 33.3 Å². The van der Waals surface area contributed by atoms with Gasteiger partial charge in [0.05, 0.1) is 12.8 Å². The first kappa shape index (κ1) is 12.8. The summed E-state index contributed by atoms with van der Waals surface area (Å²) in [4.78, 5) is 0. The smallest absolute Gasteiger partial charge is 0.145 e. The molecule has 90 valence electrons. The number of nitrogens with one attached hydrogen (secondary N) is 2. The van der Waals surface area contributed by atoms with Crippen LogP contribution >= 0.6 is 0 Å². The molecule has 1 aromatic carbocycles. The summed E-state index contributed by atoms with van der Waals surface area (Å²) in [6, 6.07) is 2.19. The molecule has 0 aromatic heterocycles. The standard InChI is InChI=1S/C13H22N2O/c1-9-8-10(2)12(15-7-6-14-4)13(16-5)11(9)3/h8,14-15H,6-7H2,1-5H3. The maximum absolute atomic E-state index is 5.49. The molecule has 0 spiro atoms. The van der Waals surface area contributed by atoms with Crippen molar-refractivity contribution < 1.29 is 4.74 Å². The van der Waals surface area contributed by atoms with Crippen LogP contribution < -0.4 is 15.4 Å². The van der Waals surface area contributed by atoms with E-state index in [0.717, 1.165) is 24.5 Å². The SMILES string of the molecule is CNCCNc1c(C)cc(C)c(C)c1OC. The summed E-state index contributed by atoms with van der Waals surface area (Å²) in [7, 11) is 3.68. The van der Waals surface area contributed by atoms with Gasteiger partial charge in [0.25, 0.3) is 0 Å². The van der Waals surface area contributed by atoms with Gasteiger partial charge in [-0.2, -0.15) is 0 Å². The maximum atomic E-state index is 5.49. The van der Waals surface area contributed by atoms with Crippen molar-refractivity contribution in [3.05, 3.63) is 22.8 Å². The second kappa shape index (κ2) is 5.75. The van der Waals surface area contributed by atoms with Gasteiger partial charge in [-0.25, -0.2) is 0 Å². The van der Waals surface area contributed by atoms with Crippen molar-refractivity contribution in [3.8, 4) is 5.75 Å². The second-order valence-corrected chi connectivity index (χ2v) is 4.07. The van der Waals surface area contributed by atoms with Crippen LogP contribution in [0.1, 0.15) is 16.7 Å². The number of hydrogen-bond acceptors (Lipinski definition) is 3. The monoisotopic (exact) mass is 222 g/mol. The van der Waals surface area contributed by atoms with Crippen molar-refractivity contribution in [1.29, 1.82) is 0 Å². The Balaban J connectivity index is 3.01. The molecule has 0 amide bonds. The Morgan fingerprint density at radius 3 is 2.38 bits per heavy atom. The zero-order valence-electron chi connectivity index (χ0n) is 10.9. The van der Waals surface area contributed by atoms with Gasteiger partial charge in [-0.1, -0.05) is 6.07 Å². The number of rotatable bonds is 5. The minimum Gasteiger partial charge on any atom is -0.494 e. The molecular formula is C13H22N2O. The van der Waals surface area contributed by atoms with E-state index in [1.807, 2.05) is 7.05 Å². The summed E-state index contributed by atoms with van der Waals surface area (Å²) in [5.74, 6) is 0.966. The van der Waals surface area contributed by atoms with Gasteiger partial charge >= 0.3 is 0 Å². The molecule has 16 heavy (non-hydrogen) atoms. The molecule has 0 heterocycles. The van der Waals surface area contributed by atoms with Gasteiger partial charge in [-0.3, -0.25) is 0 Å². The molecule has 0 radical (unpaired) electrons. The molecule has 0 fully saturated rings. The Labute approximate surface area is 98.2 Å². The summed E-state index contributed by atoms with van der Waals surface area (Å²) >= 11 is 0. The van der Waals surface area contributed by atoms with Gasteiger partial charge in [-0.05, 0) is 44.5 Å². The lowest BCUT2D eigenvalue weighted by atomic mass is 10.0. The van der Waals surface area contributed by atoms with Crippen LogP contribution in [0.3, 0.4) is 0 Å². The van der Waals surface area contributed by atoms with Gasteiger partial charge in [-0.15, -0.1) is 0 Å². The average molecular weight is 222 g/mol. The molecule has 0 saturated carbocycles. The minimum absolute atomic E-state index is 0.899. The van der Waals surface area contributed by atoms with Crippen LogP contribution in [0.2, 0.25) is 0 Å². The molecule has 0 atom stereocenters. The van der Waals surface area contributed by atoms with E-state index in [4.69, 9.17) is 4.74 Å². The van der Waals surface area contributed by atoms with Gasteiger partial charge in [0.1, 0.15) is 5.75 Å². The van der Waals surface area contributed by atoms with E-state index in [2.05, 4.69) is 37.5 Å². The lowest BCUT2D eigenvalue weighted by Crippen LogP contribution is -2.18. The van der Waals surface area contributed by atoms with E-state index in [1.54, 1.807) is 7.11 Å². The number of anilines is 1. The fourth-order valence-corrected chi connectivity index (χ4v) is 1.84. The van der Waals surface area contributed by atoms with Crippen molar-refractivity contribution in [1.82, 2.24) is 5.32 Å². The first-order chi connectivity index (χ1) is 7.61. The Kier molecular flexibility index (Phi) is 4.62. The molecule has 3 heteroatoms. The van der Waals surface area contributed by atoms with Crippen molar-refractivity contribution in [2.24, 2.45) is 0 Å². The molecule has 3 nitrogen and oxygen atoms in total. The predicted octanol–water partition coefficient (Wildman–Crippen LogP) is 2.25. The molecule has 0 bridgehead atoms. The molecule has 0 unspecified atom stereocenters. The van der Waals surface area contributed by atoms with E-state index in [1.165, 1.54) is 16.7 Å². The number of benzene rings is 1. The normalized spacial score (nSPS) is 10.3. The van der Waals surface area contributed by atoms with E-state index in [-0.39, 0.29) is 0 Å².